The van der Waals surface area contributed by atoms with Gasteiger partial charge in [0.1, 0.15) is 12.4 Å². The van der Waals surface area contributed by atoms with Crippen LogP contribution in [-0.4, -0.2) is 35.6 Å². The highest BCUT2D eigenvalue weighted by atomic mass is 16.5. The van der Waals surface area contributed by atoms with Crippen LogP contribution in [0.2, 0.25) is 0 Å². The molecule has 1 aliphatic carbocycles. The number of allylic oxidation sites excluding steroid dienone is 1. The van der Waals surface area contributed by atoms with Crippen molar-refractivity contribution >= 4 is 11.5 Å². The molecule has 5 nitrogen and oxygen atoms in total. The molecule has 0 amide bonds. The van der Waals surface area contributed by atoms with Gasteiger partial charge in [-0.25, -0.2) is 0 Å². The number of hydrogen-bond donors (Lipinski definition) is 1. The van der Waals surface area contributed by atoms with Crippen molar-refractivity contribution in [2.45, 2.75) is 26.4 Å². The minimum atomic E-state index is -0.686. The molecule has 148 valence electrons. The number of nitrogens with zero attached hydrogens (tertiary/aromatic N) is 2. The lowest BCUT2D eigenvalue weighted by Crippen LogP contribution is -2.50. The first-order chi connectivity index (χ1) is 14.0. The van der Waals surface area contributed by atoms with Crippen molar-refractivity contribution in [1.82, 2.24) is 4.90 Å². The summed E-state index contributed by atoms with van der Waals surface area (Å²) in [7, 11) is 0. The molecule has 0 saturated carbocycles. The molecule has 1 aliphatic heterocycles. The van der Waals surface area contributed by atoms with E-state index < -0.39 is 5.97 Å². The molecule has 2 aromatic carbocycles. The number of aliphatic carboxylic acids is 1. The van der Waals surface area contributed by atoms with Crippen molar-refractivity contribution in [3.05, 3.63) is 70.3 Å². The van der Waals surface area contributed by atoms with E-state index in [1.807, 2.05) is 18.2 Å². The summed E-state index contributed by atoms with van der Waals surface area (Å²) >= 11 is 0. The Balaban J connectivity index is 1.40. The van der Waals surface area contributed by atoms with Crippen LogP contribution in [0, 0.1) is 17.2 Å². The number of fused-ring (bicyclic) bond motifs is 1. The Labute approximate surface area is 170 Å². The van der Waals surface area contributed by atoms with Gasteiger partial charge in [0, 0.05) is 19.6 Å². The van der Waals surface area contributed by atoms with Crippen molar-refractivity contribution in [3.8, 4) is 11.8 Å². The van der Waals surface area contributed by atoms with Gasteiger partial charge < -0.3 is 9.84 Å². The van der Waals surface area contributed by atoms with Gasteiger partial charge in [-0.05, 0) is 66.3 Å². The molecule has 5 heteroatoms. The van der Waals surface area contributed by atoms with Crippen molar-refractivity contribution in [3.63, 3.8) is 0 Å². The smallest absolute Gasteiger partial charge is 0.309 e. The fourth-order valence-electron chi connectivity index (χ4n) is 4.06. The third-order valence-corrected chi connectivity index (χ3v) is 5.92. The standard InChI is InChI=1S/C24H24N2O3/c1-16-20(12-26-13-21(14-26)24(27)28)7-6-19-10-22(8-9-23(16)19)29-15-18-4-2-17(11-25)3-5-18/h2-5,8-10,21H,6-7,12-15H2,1H3,(H,27,28). The maximum absolute atomic E-state index is 11.0. The monoisotopic (exact) mass is 388 g/mol. The van der Waals surface area contributed by atoms with E-state index in [9.17, 15) is 4.79 Å². The molecule has 2 aromatic rings. The second-order valence-electron chi connectivity index (χ2n) is 7.87. The zero-order chi connectivity index (χ0) is 20.4. The molecule has 0 spiro atoms. The van der Waals surface area contributed by atoms with Gasteiger partial charge >= 0.3 is 5.97 Å². The van der Waals surface area contributed by atoms with E-state index in [4.69, 9.17) is 15.1 Å². The number of hydrogen-bond acceptors (Lipinski definition) is 4. The number of ether oxygens (including phenoxy) is 1. The Morgan fingerprint density at radius 2 is 1.97 bits per heavy atom. The summed E-state index contributed by atoms with van der Waals surface area (Å²) in [5, 5.41) is 17.9. The highest BCUT2D eigenvalue weighted by Crippen LogP contribution is 2.34. The summed E-state index contributed by atoms with van der Waals surface area (Å²) in [6.45, 7) is 4.82. The first kappa shape index (κ1) is 19.2. The Morgan fingerprint density at radius 3 is 2.66 bits per heavy atom. The molecule has 1 fully saturated rings. The van der Waals surface area contributed by atoms with E-state index in [1.54, 1.807) is 12.1 Å². The molecule has 1 heterocycles. The van der Waals surface area contributed by atoms with Crippen molar-refractivity contribution in [2.24, 2.45) is 5.92 Å². The van der Waals surface area contributed by atoms with Crippen LogP contribution in [0.4, 0.5) is 0 Å². The fraction of sp³-hybridized carbons (Fsp3) is 0.333. The number of rotatable bonds is 6. The summed E-state index contributed by atoms with van der Waals surface area (Å²) < 4.78 is 5.96. The van der Waals surface area contributed by atoms with E-state index in [1.165, 1.54) is 22.3 Å². The number of likely N-dealkylation sites (tertiary alicyclic amines) is 1. The molecule has 0 unspecified atom stereocenters. The van der Waals surface area contributed by atoms with E-state index in [2.05, 4.69) is 30.0 Å². The summed E-state index contributed by atoms with van der Waals surface area (Å²) in [4.78, 5) is 13.2. The van der Waals surface area contributed by atoms with E-state index in [0.717, 1.165) is 30.7 Å². The lowest BCUT2D eigenvalue weighted by atomic mass is 9.85. The third kappa shape index (κ3) is 4.18. The Hall–Kier alpha value is -3.10. The number of nitriles is 1. The maximum atomic E-state index is 11.0. The number of carbonyl (C=O) groups is 1. The number of benzene rings is 2. The van der Waals surface area contributed by atoms with Crippen LogP contribution in [0.15, 0.2) is 48.0 Å². The molecule has 4 rings (SSSR count). The predicted molar refractivity (Wildman–Crippen MR) is 110 cm³/mol. The van der Waals surface area contributed by atoms with Crippen LogP contribution in [0.25, 0.3) is 5.57 Å². The van der Waals surface area contributed by atoms with Crippen molar-refractivity contribution in [2.75, 3.05) is 19.6 Å². The van der Waals surface area contributed by atoms with Crippen LogP contribution in [0.5, 0.6) is 5.75 Å². The van der Waals surface area contributed by atoms with Crippen LogP contribution in [0.3, 0.4) is 0 Å². The quantitative estimate of drug-likeness (QED) is 0.813. The van der Waals surface area contributed by atoms with Gasteiger partial charge in [0.15, 0.2) is 0 Å². The Bertz CT molecular complexity index is 996. The largest absolute Gasteiger partial charge is 0.489 e. The first-order valence-electron chi connectivity index (χ1n) is 9.92. The molecular formula is C24H24N2O3. The number of aryl methyl sites for hydroxylation is 1. The maximum Gasteiger partial charge on any atom is 0.309 e. The van der Waals surface area contributed by atoms with Crippen LogP contribution in [-0.2, 0) is 17.8 Å². The second kappa shape index (κ2) is 8.10. The van der Waals surface area contributed by atoms with Gasteiger partial charge in [0.05, 0.1) is 17.6 Å². The van der Waals surface area contributed by atoms with Gasteiger partial charge in [-0.15, -0.1) is 0 Å². The van der Waals surface area contributed by atoms with Crippen molar-refractivity contribution < 1.29 is 14.6 Å². The average Bonchev–Trinajstić information content (AvgIpc) is 2.70. The minimum Gasteiger partial charge on any atom is -0.489 e. The molecule has 0 atom stereocenters. The molecule has 1 N–H and O–H groups in total. The SMILES string of the molecule is CC1=C(CN2CC(C(=O)O)C2)CCc2cc(OCc3ccc(C#N)cc3)ccc21. The highest BCUT2D eigenvalue weighted by molar-refractivity contribution is 5.73. The Morgan fingerprint density at radius 1 is 1.21 bits per heavy atom. The fourth-order valence-corrected chi connectivity index (χ4v) is 4.06. The summed E-state index contributed by atoms with van der Waals surface area (Å²) in [6.07, 6.45) is 1.98. The average molecular weight is 388 g/mol. The summed E-state index contributed by atoms with van der Waals surface area (Å²) in [5.74, 6) is -0.0338. The first-order valence-corrected chi connectivity index (χ1v) is 9.92. The summed E-state index contributed by atoms with van der Waals surface area (Å²) in [5.41, 5.74) is 6.98. The van der Waals surface area contributed by atoms with E-state index in [0.29, 0.717) is 25.3 Å². The zero-order valence-corrected chi connectivity index (χ0v) is 16.5. The third-order valence-electron chi connectivity index (χ3n) is 5.92. The second-order valence-corrected chi connectivity index (χ2v) is 7.87. The molecule has 0 bridgehead atoms. The normalized spacial score (nSPS) is 16.7. The van der Waals surface area contributed by atoms with Crippen LogP contribution < -0.4 is 4.74 Å². The topological polar surface area (TPSA) is 73.6 Å². The van der Waals surface area contributed by atoms with Crippen LogP contribution >= 0.6 is 0 Å². The Kier molecular flexibility index (Phi) is 5.37. The highest BCUT2D eigenvalue weighted by Gasteiger charge is 2.33. The molecule has 0 aromatic heterocycles. The van der Waals surface area contributed by atoms with Crippen LogP contribution in [0.1, 0.15) is 35.6 Å². The predicted octanol–water partition coefficient (Wildman–Crippen LogP) is 3.87. The van der Waals surface area contributed by atoms with Gasteiger partial charge in [-0.3, -0.25) is 9.69 Å². The van der Waals surface area contributed by atoms with E-state index >= 15 is 0 Å². The number of carboxylic acids is 1. The zero-order valence-electron chi connectivity index (χ0n) is 16.5. The summed E-state index contributed by atoms with van der Waals surface area (Å²) in [6, 6.07) is 15.8. The van der Waals surface area contributed by atoms with Gasteiger partial charge in [-0.1, -0.05) is 23.8 Å². The minimum absolute atomic E-state index is 0.206. The lowest BCUT2D eigenvalue weighted by molar-refractivity contribution is -0.147. The number of carboxylic acid groups (broad SMARTS) is 1. The molecular weight excluding hydrogens is 364 g/mol. The van der Waals surface area contributed by atoms with E-state index in [-0.39, 0.29) is 5.92 Å². The molecule has 1 saturated heterocycles. The van der Waals surface area contributed by atoms with Crippen molar-refractivity contribution in [1.29, 1.82) is 5.26 Å². The molecule has 2 aliphatic rings. The van der Waals surface area contributed by atoms with Gasteiger partial charge in [0.25, 0.3) is 0 Å². The molecule has 0 radical (unpaired) electrons. The molecule has 29 heavy (non-hydrogen) atoms. The van der Waals surface area contributed by atoms with Gasteiger partial charge in [-0.2, -0.15) is 5.26 Å². The van der Waals surface area contributed by atoms with Gasteiger partial charge in [0.2, 0.25) is 0 Å². The lowest BCUT2D eigenvalue weighted by Gasteiger charge is -2.38.